The third-order valence-corrected chi connectivity index (χ3v) is 15.0. The number of β-lactam (4-membered cyclic amide) rings is 2. The van der Waals surface area contributed by atoms with E-state index in [9.17, 15) is 28.8 Å². The van der Waals surface area contributed by atoms with Gasteiger partial charge in [0.2, 0.25) is 11.8 Å². The molecule has 17 nitrogen and oxygen atoms in total. The average molecular weight is 1250 g/mol. The second-order valence-corrected chi connectivity index (χ2v) is 20.4. The van der Waals surface area contributed by atoms with Gasteiger partial charge < -0.3 is 33.9 Å². The van der Waals surface area contributed by atoms with Crippen LogP contribution in [0.25, 0.3) is 0 Å². The first-order chi connectivity index (χ1) is 35.5. The summed E-state index contributed by atoms with van der Waals surface area (Å²) in [7, 11) is 0. The minimum atomic E-state index is -0.779. The Hall–Kier alpha value is -5.36. The Morgan fingerprint density at radius 3 is 1.39 bits per heavy atom. The van der Waals surface area contributed by atoms with Crippen molar-refractivity contribution in [3.05, 3.63) is 128 Å². The van der Waals surface area contributed by atoms with Gasteiger partial charge in [0, 0.05) is 29.6 Å². The first-order valence-corrected chi connectivity index (χ1v) is 26.7. The minimum absolute atomic E-state index is 0.00243. The van der Waals surface area contributed by atoms with Gasteiger partial charge in [-0.2, -0.15) is 9.78 Å². The van der Waals surface area contributed by atoms with Crippen LogP contribution in [0.5, 0.6) is 11.5 Å². The van der Waals surface area contributed by atoms with Gasteiger partial charge in [0.1, 0.15) is 62.5 Å². The summed E-state index contributed by atoms with van der Waals surface area (Å²) < 4.78 is 24.7. The van der Waals surface area contributed by atoms with Crippen molar-refractivity contribution >= 4 is 80.9 Å². The van der Waals surface area contributed by atoms with Gasteiger partial charge in [-0.3, -0.25) is 19.4 Å². The van der Waals surface area contributed by atoms with Gasteiger partial charge in [-0.1, -0.05) is 90.6 Å². The van der Waals surface area contributed by atoms with Gasteiger partial charge >= 0.3 is 23.9 Å². The highest BCUT2D eigenvalue weighted by Crippen LogP contribution is 2.50. The maximum absolute atomic E-state index is 13.2. The number of rotatable bonds is 28. The summed E-state index contributed by atoms with van der Waals surface area (Å²) in [6.45, 7) is 23.8. The molecule has 2 aromatic rings. The number of ether oxygens (including phenoxy) is 4. The van der Waals surface area contributed by atoms with Crippen LogP contribution in [-0.2, 0) is 70.6 Å². The fourth-order valence-corrected chi connectivity index (χ4v) is 10.9. The highest BCUT2D eigenvalue weighted by atomic mass is 127. The number of benzene rings is 2. The summed E-state index contributed by atoms with van der Waals surface area (Å²) in [5.74, 6) is -5.29. The zero-order valence-corrected chi connectivity index (χ0v) is 46.8. The standard InChI is InChI=1S/C28H34INO7.C27H32INO8/c1-6-9-10-19-11-12-22(21(29)15-19)35-16-20-17(4)24-23(18(5)27(32)37-36-14-8-3)26(31)30(24)25(20)28(33)34-13-7-2;1-5-12-34-27(33)24-19(15-35-21-10-9-18(8-7-11-30)14-20(21)28)16(3)23-22(25(31)29(23)24)17(4)26(32)37-36-13-6-2/h7-8,11-12,15,17-18,23-24H,2-3,6,9-10,13-14,16H2,1,4-5H3;5-6,9-10,14,16-17,22-23,30H,1-2,7-8,11-13,15H2,3-4H3/t17-,18?,23?,24?;16-,17?,22?,23?/m00/s1. The second-order valence-electron chi connectivity index (χ2n) is 18.1. The molecule has 4 aliphatic heterocycles. The second kappa shape index (κ2) is 28.5. The first kappa shape index (κ1) is 59.5. The summed E-state index contributed by atoms with van der Waals surface area (Å²) in [6.07, 6.45) is 10.5. The molecule has 6 rings (SSSR count). The van der Waals surface area contributed by atoms with Crippen LogP contribution in [-0.4, -0.2) is 109 Å². The number of esters is 2. The van der Waals surface area contributed by atoms with E-state index in [-0.39, 0.29) is 81.3 Å². The molecule has 4 heterocycles. The number of halogens is 2. The number of aliphatic hydroxyl groups is 1. The fraction of sp³-hybridized carbons (Fsp3) is 0.455. The average Bonchev–Trinajstić information content (AvgIpc) is 3.79. The zero-order valence-electron chi connectivity index (χ0n) is 42.5. The Kier molecular flexibility index (Phi) is 22.9. The van der Waals surface area contributed by atoms with E-state index in [0.29, 0.717) is 29.1 Å². The number of carbonyl (C=O) groups excluding carboxylic acids is 6. The van der Waals surface area contributed by atoms with Crippen LogP contribution in [0.2, 0.25) is 0 Å². The van der Waals surface area contributed by atoms with E-state index in [1.165, 1.54) is 39.7 Å². The monoisotopic (exact) mass is 1250 g/mol. The van der Waals surface area contributed by atoms with E-state index in [1.54, 1.807) is 13.8 Å². The van der Waals surface area contributed by atoms with Crippen molar-refractivity contribution in [3.63, 3.8) is 0 Å². The van der Waals surface area contributed by atoms with Gasteiger partial charge in [0.05, 0.1) is 42.9 Å². The van der Waals surface area contributed by atoms with Crippen molar-refractivity contribution in [2.24, 2.45) is 35.5 Å². The Bertz CT molecular complexity index is 2340. The number of nitrogens with zero attached hydrogens (tertiary/aromatic N) is 2. The summed E-state index contributed by atoms with van der Waals surface area (Å²) in [4.78, 5) is 99.4. The molecular weight excluding hydrogens is 1180 g/mol. The summed E-state index contributed by atoms with van der Waals surface area (Å²) >= 11 is 4.43. The Labute approximate surface area is 460 Å². The Morgan fingerprint density at radius 2 is 1.04 bits per heavy atom. The molecule has 0 saturated carbocycles. The lowest BCUT2D eigenvalue weighted by Crippen LogP contribution is -2.63. The molecule has 0 radical (unpaired) electrons. The molecule has 6 unspecified atom stereocenters. The Balaban J connectivity index is 0.000000274. The van der Waals surface area contributed by atoms with E-state index in [1.807, 2.05) is 44.2 Å². The number of hydrogen-bond acceptors (Lipinski definition) is 15. The molecule has 400 valence electrons. The predicted octanol–water partition coefficient (Wildman–Crippen LogP) is 8.12. The molecule has 1 N–H and O–H groups in total. The third kappa shape index (κ3) is 13.7. The molecule has 74 heavy (non-hydrogen) atoms. The number of amides is 2. The quantitative estimate of drug-likeness (QED) is 0.0163. The summed E-state index contributed by atoms with van der Waals surface area (Å²) in [6, 6.07) is 11.1. The molecular formula is C55H66I2N2O15. The van der Waals surface area contributed by atoms with Crippen LogP contribution in [0.3, 0.4) is 0 Å². The predicted molar refractivity (Wildman–Crippen MR) is 289 cm³/mol. The molecule has 2 aromatic carbocycles. The number of aryl methyl sites for hydroxylation is 2. The molecule has 2 fully saturated rings. The van der Waals surface area contributed by atoms with E-state index in [2.05, 4.69) is 84.5 Å². The lowest BCUT2D eigenvalue weighted by molar-refractivity contribution is -0.271. The molecule has 4 aliphatic rings. The van der Waals surface area contributed by atoms with E-state index in [4.69, 9.17) is 43.6 Å². The van der Waals surface area contributed by atoms with Crippen LogP contribution >= 0.6 is 45.2 Å². The zero-order chi connectivity index (χ0) is 54.2. The SMILES string of the molecule is C=CCOOC(=O)C(C)C1C(=O)N2C(C(=O)OCC=C)=C(COc3ccc(CCCC)cc3I)[C@H](C)C12.C=CCOOC(=O)C(C)C1C(=O)N2C(C(=O)OCC=C)=C(COc3ccc(CCCO)cc3I)[C@H](C)C12. The number of aliphatic hydroxyl groups excluding tert-OH is 1. The molecule has 19 heteroatoms. The number of carbonyl (C=O) groups is 6. The molecule has 2 saturated heterocycles. The number of unbranched alkanes of at least 4 members (excludes halogenated alkanes) is 1. The van der Waals surface area contributed by atoms with Gasteiger partial charge in [-0.25, -0.2) is 19.2 Å². The van der Waals surface area contributed by atoms with Crippen LogP contribution in [0.4, 0.5) is 0 Å². The molecule has 0 spiro atoms. The van der Waals surface area contributed by atoms with Crippen molar-refractivity contribution in [2.75, 3.05) is 46.2 Å². The topological polar surface area (TPSA) is 203 Å². The van der Waals surface area contributed by atoms with E-state index < -0.39 is 59.6 Å². The molecule has 0 bridgehead atoms. The van der Waals surface area contributed by atoms with Crippen molar-refractivity contribution in [3.8, 4) is 11.5 Å². The van der Waals surface area contributed by atoms with Gasteiger partial charge in [-0.15, -0.1) is 13.2 Å². The normalized spacial score (nSPS) is 21.1. The number of fused-ring (bicyclic) bond motifs is 2. The largest absolute Gasteiger partial charge is 0.488 e. The summed E-state index contributed by atoms with van der Waals surface area (Å²) in [5, 5.41) is 9.07. The van der Waals surface area contributed by atoms with Crippen molar-refractivity contribution in [1.29, 1.82) is 0 Å². The third-order valence-electron chi connectivity index (χ3n) is 13.3. The van der Waals surface area contributed by atoms with Crippen LogP contribution in [0, 0.1) is 42.6 Å². The molecule has 0 aliphatic carbocycles. The highest BCUT2D eigenvalue weighted by Gasteiger charge is 2.63. The van der Waals surface area contributed by atoms with Crippen molar-refractivity contribution in [2.45, 2.75) is 78.8 Å². The Morgan fingerprint density at radius 1 is 0.649 bits per heavy atom. The first-order valence-electron chi connectivity index (χ1n) is 24.5. The number of hydrogen-bond donors (Lipinski definition) is 1. The maximum Gasteiger partial charge on any atom is 0.355 e. The van der Waals surface area contributed by atoms with Crippen LogP contribution in [0.1, 0.15) is 65.0 Å². The van der Waals surface area contributed by atoms with E-state index >= 15 is 0 Å². The van der Waals surface area contributed by atoms with Gasteiger partial charge in [0.25, 0.3) is 0 Å². The van der Waals surface area contributed by atoms with E-state index in [0.717, 1.165) is 38.4 Å². The molecule has 0 aromatic heterocycles. The van der Waals surface area contributed by atoms with Gasteiger partial charge in [0.15, 0.2) is 0 Å². The highest BCUT2D eigenvalue weighted by molar-refractivity contribution is 14.1. The lowest BCUT2D eigenvalue weighted by Gasteiger charge is -2.47. The van der Waals surface area contributed by atoms with Crippen molar-refractivity contribution in [1.82, 2.24) is 9.80 Å². The van der Waals surface area contributed by atoms with Gasteiger partial charge in [-0.05, 0) is 106 Å². The maximum atomic E-state index is 13.2. The molecule has 8 atom stereocenters. The van der Waals surface area contributed by atoms with Crippen molar-refractivity contribution < 1.29 is 72.4 Å². The van der Waals surface area contributed by atoms with Crippen LogP contribution < -0.4 is 9.47 Å². The fourth-order valence-electron chi connectivity index (χ4n) is 9.42. The smallest absolute Gasteiger partial charge is 0.355 e. The lowest BCUT2D eigenvalue weighted by atomic mass is 9.74. The summed E-state index contributed by atoms with van der Waals surface area (Å²) in [5.41, 5.74) is 3.94. The van der Waals surface area contributed by atoms with Crippen LogP contribution in [0.15, 0.2) is 110 Å². The minimum Gasteiger partial charge on any atom is -0.488 e. The molecule has 2 amide bonds.